The van der Waals surface area contributed by atoms with Crippen molar-refractivity contribution in [1.29, 1.82) is 0 Å². The molecule has 0 spiro atoms. The molecule has 0 unspecified atom stereocenters. The number of rotatable bonds is 3. The Morgan fingerprint density at radius 3 is 3.11 bits per heavy atom. The number of halogens is 2. The van der Waals surface area contributed by atoms with Crippen LogP contribution >= 0.6 is 38.9 Å². The number of imidazole rings is 1. The van der Waals surface area contributed by atoms with Gasteiger partial charge < -0.3 is 4.74 Å². The smallest absolute Gasteiger partial charge is 0.243 e. The molecule has 2 aromatic heterocycles. The van der Waals surface area contributed by atoms with Gasteiger partial charge in [0, 0.05) is 16.0 Å². The van der Waals surface area contributed by atoms with Gasteiger partial charge in [0.2, 0.25) is 5.88 Å². The molecule has 3 nitrogen and oxygen atoms in total. The van der Waals surface area contributed by atoms with Gasteiger partial charge in [0.15, 0.2) is 4.96 Å². The van der Waals surface area contributed by atoms with Gasteiger partial charge in [-0.2, -0.15) is 4.98 Å². The molecule has 0 radical (unpaired) electrons. The molecule has 0 atom stereocenters. The van der Waals surface area contributed by atoms with Crippen molar-refractivity contribution >= 4 is 43.8 Å². The van der Waals surface area contributed by atoms with Crippen LogP contribution in [0.1, 0.15) is 5.69 Å². The Bertz CT molecular complexity index is 694. The quantitative estimate of drug-likeness (QED) is 0.645. The number of nitrogens with zero attached hydrogens (tertiary/aromatic N) is 2. The molecule has 0 aliphatic carbocycles. The number of ether oxygens (including phenoxy) is 1. The van der Waals surface area contributed by atoms with Crippen LogP contribution < -0.4 is 4.74 Å². The number of fused-ring (bicyclic) bond motifs is 1. The minimum absolute atomic E-state index is 0.362. The highest BCUT2D eigenvalue weighted by Crippen LogP contribution is 2.29. The van der Waals surface area contributed by atoms with E-state index in [0.717, 1.165) is 20.9 Å². The molecular weight excluding hydrogens is 336 g/mol. The minimum Gasteiger partial charge on any atom is -0.437 e. The summed E-state index contributed by atoms with van der Waals surface area (Å²) in [5.41, 5.74) is 0.868. The fraction of sp³-hybridized carbons (Fsp3) is 0.0833. The zero-order chi connectivity index (χ0) is 12.5. The Labute approximate surface area is 121 Å². The van der Waals surface area contributed by atoms with Gasteiger partial charge in [0.25, 0.3) is 0 Å². The summed E-state index contributed by atoms with van der Waals surface area (Å²) in [6.07, 6.45) is 1.94. The molecule has 0 saturated carbocycles. The van der Waals surface area contributed by atoms with E-state index in [-0.39, 0.29) is 0 Å². The first-order valence-electron chi connectivity index (χ1n) is 5.22. The van der Waals surface area contributed by atoms with Gasteiger partial charge in [-0.05, 0) is 18.2 Å². The standard InChI is InChI=1S/C12H8BrClN2OS/c13-8-2-1-3-9(6-8)17-11-10(7-14)16-4-5-18-12(16)15-11/h1-6H,7H2. The summed E-state index contributed by atoms with van der Waals surface area (Å²) in [7, 11) is 0. The Balaban J connectivity index is 2.01. The van der Waals surface area contributed by atoms with Crippen molar-refractivity contribution in [3.8, 4) is 11.6 Å². The van der Waals surface area contributed by atoms with Crippen LogP contribution in [0.5, 0.6) is 11.6 Å². The van der Waals surface area contributed by atoms with Crippen molar-refractivity contribution in [3.05, 3.63) is 46.0 Å². The van der Waals surface area contributed by atoms with Gasteiger partial charge in [0.1, 0.15) is 11.4 Å². The van der Waals surface area contributed by atoms with Gasteiger partial charge in [-0.1, -0.05) is 22.0 Å². The molecule has 0 N–H and O–H groups in total. The van der Waals surface area contributed by atoms with E-state index < -0.39 is 0 Å². The zero-order valence-electron chi connectivity index (χ0n) is 9.14. The Hall–Kier alpha value is -1.04. The number of aromatic nitrogens is 2. The molecule has 1 aromatic carbocycles. The molecule has 92 valence electrons. The maximum Gasteiger partial charge on any atom is 0.243 e. The number of hydrogen-bond donors (Lipinski definition) is 0. The Morgan fingerprint density at radius 1 is 1.44 bits per heavy atom. The Kier molecular flexibility index (Phi) is 3.28. The van der Waals surface area contributed by atoms with E-state index in [9.17, 15) is 0 Å². The molecule has 3 rings (SSSR count). The van der Waals surface area contributed by atoms with Crippen LogP contribution in [0.3, 0.4) is 0 Å². The SMILES string of the molecule is ClCc1c(Oc2cccc(Br)c2)nc2sccn12. The second kappa shape index (κ2) is 4.91. The third kappa shape index (κ3) is 2.13. The van der Waals surface area contributed by atoms with Gasteiger partial charge in [-0.3, -0.25) is 4.40 Å². The number of thiazole rings is 1. The maximum atomic E-state index is 5.96. The molecule has 0 bridgehead atoms. The summed E-state index contributed by atoms with van der Waals surface area (Å²) in [5, 5.41) is 1.97. The van der Waals surface area contributed by atoms with Crippen molar-refractivity contribution in [2.45, 2.75) is 5.88 Å². The highest BCUT2D eigenvalue weighted by atomic mass is 79.9. The molecule has 0 fully saturated rings. The van der Waals surface area contributed by atoms with E-state index >= 15 is 0 Å². The molecule has 0 amide bonds. The first kappa shape index (κ1) is 12.0. The highest BCUT2D eigenvalue weighted by molar-refractivity contribution is 9.10. The van der Waals surface area contributed by atoms with E-state index in [1.54, 1.807) is 11.3 Å². The molecule has 6 heteroatoms. The number of alkyl halides is 1. The highest BCUT2D eigenvalue weighted by Gasteiger charge is 2.14. The molecular formula is C12H8BrClN2OS. The lowest BCUT2D eigenvalue weighted by molar-refractivity contribution is 0.461. The van der Waals surface area contributed by atoms with Gasteiger partial charge in [0.05, 0.1) is 5.88 Å². The first-order valence-corrected chi connectivity index (χ1v) is 7.42. The third-order valence-corrected chi connectivity index (χ3v) is 3.96. The van der Waals surface area contributed by atoms with Gasteiger partial charge in [-0.25, -0.2) is 0 Å². The summed E-state index contributed by atoms with van der Waals surface area (Å²) in [4.78, 5) is 5.31. The van der Waals surface area contributed by atoms with Crippen LogP contribution in [-0.2, 0) is 5.88 Å². The number of hydrogen-bond acceptors (Lipinski definition) is 3. The molecule has 2 heterocycles. The second-order valence-electron chi connectivity index (χ2n) is 3.61. The lowest BCUT2D eigenvalue weighted by Crippen LogP contribution is -1.90. The van der Waals surface area contributed by atoms with Crippen molar-refractivity contribution in [2.75, 3.05) is 0 Å². The second-order valence-corrected chi connectivity index (χ2v) is 5.67. The maximum absolute atomic E-state index is 5.96. The van der Waals surface area contributed by atoms with E-state index in [1.807, 2.05) is 40.2 Å². The molecule has 0 aliphatic rings. The topological polar surface area (TPSA) is 26.5 Å². The largest absolute Gasteiger partial charge is 0.437 e. The molecule has 18 heavy (non-hydrogen) atoms. The van der Waals surface area contributed by atoms with Crippen LogP contribution in [0.25, 0.3) is 4.96 Å². The van der Waals surface area contributed by atoms with Crippen molar-refractivity contribution in [2.24, 2.45) is 0 Å². The zero-order valence-corrected chi connectivity index (χ0v) is 12.3. The number of benzene rings is 1. The van der Waals surface area contributed by atoms with Gasteiger partial charge >= 0.3 is 0 Å². The van der Waals surface area contributed by atoms with E-state index in [4.69, 9.17) is 16.3 Å². The average molecular weight is 344 g/mol. The van der Waals surface area contributed by atoms with E-state index in [0.29, 0.717) is 11.8 Å². The van der Waals surface area contributed by atoms with E-state index in [2.05, 4.69) is 20.9 Å². The molecule has 0 aliphatic heterocycles. The van der Waals surface area contributed by atoms with Crippen molar-refractivity contribution < 1.29 is 4.74 Å². The van der Waals surface area contributed by atoms with Crippen LogP contribution in [0.4, 0.5) is 0 Å². The summed E-state index contributed by atoms with van der Waals surface area (Å²) in [5.74, 6) is 1.66. The fourth-order valence-electron chi connectivity index (χ4n) is 1.66. The normalized spacial score (nSPS) is 11.0. The molecule has 3 aromatic rings. The van der Waals surface area contributed by atoms with Crippen molar-refractivity contribution in [3.63, 3.8) is 0 Å². The van der Waals surface area contributed by atoms with Crippen LogP contribution in [-0.4, -0.2) is 9.38 Å². The fourth-order valence-corrected chi connectivity index (χ4v) is 3.00. The summed E-state index contributed by atoms with van der Waals surface area (Å²) >= 11 is 10.9. The van der Waals surface area contributed by atoms with Crippen LogP contribution in [0.15, 0.2) is 40.3 Å². The van der Waals surface area contributed by atoms with Crippen LogP contribution in [0, 0.1) is 0 Å². The van der Waals surface area contributed by atoms with Crippen LogP contribution in [0.2, 0.25) is 0 Å². The lowest BCUT2D eigenvalue weighted by Gasteiger charge is -2.04. The predicted molar refractivity (Wildman–Crippen MR) is 76.8 cm³/mol. The van der Waals surface area contributed by atoms with Gasteiger partial charge in [-0.15, -0.1) is 22.9 Å². The predicted octanol–water partition coefficient (Wildman–Crippen LogP) is 4.69. The molecule has 0 saturated heterocycles. The van der Waals surface area contributed by atoms with Crippen molar-refractivity contribution in [1.82, 2.24) is 9.38 Å². The van der Waals surface area contributed by atoms with E-state index in [1.165, 1.54) is 0 Å². The summed E-state index contributed by atoms with van der Waals surface area (Å²) in [6, 6.07) is 7.64. The monoisotopic (exact) mass is 342 g/mol. The lowest BCUT2D eigenvalue weighted by atomic mass is 10.3. The first-order chi connectivity index (χ1) is 8.78. The third-order valence-electron chi connectivity index (χ3n) is 2.46. The minimum atomic E-state index is 0.362. The summed E-state index contributed by atoms with van der Waals surface area (Å²) in [6.45, 7) is 0. The Morgan fingerprint density at radius 2 is 2.33 bits per heavy atom. The average Bonchev–Trinajstić information content (AvgIpc) is 2.89. The summed E-state index contributed by atoms with van der Waals surface area (Å²) < 4.78 is 8.70.